The summed E-state index contributed by atoms with van der Waals surface area (Å²) in [7, 11) is 0. The average molecular weight is 463 g/mol. The lowest BCUT2D eigenvalue weighted by Crippen LogP contribution is -2.60. The summed E-state index contributed by atoms with van der Waals surface area (Å²) in [6, 6.07) is 15.4. The molecule has 0 radical (unpaired) electrons. The van der Waals surface area contributed by atoms with E-state index in [-0.39, 0.29) is 30.3 Å². The van der Waals surface area contributed by atoms with Crippen molar-refractivity contribution >= 4 is 18.0 Å². The van der Waals surface area contributed by atoms with Gasteiger partial charge in [-0.3, -0.25) is 4.79 Å². The number of rotatable bonds is 7. The SMILES string of the molecule is CC[C@H](C)[C@H](NC(=O)OCC1c2ccccc2-c2ccccc21)C(=O)N1CC2CC1(C(=O)O)C2. The van der Waals surface area contributed by atoms with Crippen LogP contribution in [0, 0.1) is 11.8 Å². The van der Waals surface area contributed by atoms with Gasteiger partial charge >= 0.3 is 12.1 Å². The van der Waals surface area contributed by atoms with E-state index >= 15 is 0 Å². The van der Waals surface area contributed by atoms with Gasteiger partial charge in [-0.1, -0.05) is 68.8 Å². The highest BCUT2D eigenvalue weighted by molar-refractivity contribution is 5.93. The van der Waals surface area contributed by atoms with Gasteiger partial charge in [0.2, 0.25) is 5.91 Å². The van der Waals surface area contributed by atoms with E-state index in [0.29, 0.717) is 25.8 Å². The first-order chi connectivity index (χ1) is 16.4. The third-order valence-electron chi connectivity index (χ3n) is 7.97. The lowest BCUT2D eigenvalue weighted by molar-refractivity contribution is -0.159. The molecule has 2 N–H and O–H groups in total. The van der Waals surface area contributed by atoms with Crippen molar-refractivity contribution in [3.8, 4) is 11.1 Å². The van der Waals surface area contributed by atoms with Crippen LogP contribution in [0.1, 0.15) is 50.2 Å². The molecule has 178 valence electrons. The quantitative estimate of drug-likeness (QED) is 0.648. The summed E-state index contributed by atoms with van der Waals surface area (Å²) in [6.45, 7) is 4.43. The van der Waals surface area contributed by atoms with Gasteiger partial charge < -0.3 is 20.1 Å². The van der Waals surface area contributed by atoms with Gasteiger partial charge in [0.25, 0.3) is 0 Å². The van der Waals surface area contributed by atoms with Crippen LogP contribution in [0.15, 0.2) is 48.5 Å². The molecule has 2 aromatic carbocycles. The van der Waals surface area contributed by atoms with E-state index in [9.17, 15) is 19.5 Å². The Kier molecular flexibility index (Phi) is 5.58. The monoisotopic (exact) mass is 462 g/mol. The van der Waals surface area contributed by atoms with Crippen molar-refractivity contribution in [2.24, 2.45) is 11.8 Å². The first kappa shape index (κ1) is 22.4. The Morgan fingerprint density at radius 2 is 1.68 bits per heavy atom. The van der Waals surface area contributed by atoms with Gasteiger partial charge in [-0.2, -0.15) is 0 Å². The van der Waals surface area contributed by atoms with Crippen LogP contribution in [0.3, 0.4) is 0 Å². The van der Waals surface area contributed by atoms with Gasteiger partial charge in [0.1, 0.15) is 18.2 Å². The Morgan fingerprint density at radius 1 is 1.09 bits per heavy atom. The normalized spacial score (nSPS) is 23.9. The third-order valence-corrected chi connectivity index (χ3v) is 7.97. The first-order valence-corrected chi connectivity index (χ1v) is 12.0. The van der Waals surface area contributed by atoms with Crippen LogP contribution in [0.25, 0.3) is 11.1 Å². The lowest BCUT2D eigenvalue weighted by Gasteiger charge is -2.39. The van der Waals surface area contributed by atoms with Gasteiger partial charge in [-0.25, -0.2) is 9.59 Å². The van der Waals surface area contributed by atoms with Crippen molar-refractivity contribution in [1.29, 1.82) is 0 Å². The molecule has 0 unspecified atom stereocenters. The van der Waals surface area contributed by atoms with Crippen molar-refractivity contribution in [3.63, 3.8) is 0 Å². The van der Waals surface area contributed by atoms with E-state index < -0.39 is 23.6 Å². The molecule has 2 amide bonds. The number of hydrogen-bond acceptors (Lipinski definition) is 4. The fraction of sp³-hybridized carbons (Fsp3) is 0.444. The Balaban J connectivity index is 1.29. The molecule has 7 nitrogen and oxygen atoms in total. The summed E-state index contributed by atoms with van der Waals surface area (Å²) in [6.07, 6.45) is 0.993. The minimum Gasteiger partial charge on any atom is -0.479 e. The lowest BCUT2D eigenvalue weighted by atomic mass is 9.73. The molecule has 0 spiro atoms. The number of nitrogens with zero attached hydrogens (tertiary/aromatic N) is 1. The van der Waals surface area contributed by atoms with Crippen LogP contribution in [-0.4, -0.2) is 52.7 Å². The smallest absolute Gasteiger partial charge is 0.407 e. The zero-order chi connectivity index (χ0) is 24.0. The molecule has 0 aromatic heterocycles. The predicted octanol–water partition coefficient (Wildman–Crippen LogP) is 4.02. The maximum absolute atomic E-state index is 13.4. The Labute approximate surface area is 199 Å². The minimum absolute atomic E-state index is 0.0722. The molecule has 2 heterocycles. The third kappa shape index (κ3) is 3.45. The molecule has 1 saturated carbocycles. The molecular weight excluding hydrogens is 432 g/mol. The van der Waals surface area contributed by atoms with Crippen molar-refractivity contribution in [3.05, 3.63) is 59.7 Å². The number of aliphatic carboxylic acids is 1. The number of amides is 2. The Morgan fingerprint density at radius 3 is 2.24 bits per heavy atom. The Hall–Kier alpha value is -3.35. The molecule has 7 heteroatoms. The number of nitrogens with one attached hydrogen (secondary N) is 1. The van der Waals surface area contributed by atoms with E-state index in [1.165, 1.54) is 4.90 Å². The molecule has 3 fully saturated rings. The number of carboxylic acid groups (broad SMARTS) is 1. The van der Waals surface area contributed by atoms with Gasteiger partial charge in [0.05, 0.1) is 0 Å². The number of carbonyl (C=O) groups is 3. The topological polar surface area (TPSA) is 95.9 Å². The van der Waals surface area contributed by atoms with Gasteiger partial charge in [0, 0.05) is 12.5 Å². The van der Waals surface area contributed by atoms with Crippen LogP contribution >= 0.6 is 0 Å². The number of carboxylic acids is 1. The number of fused-ring (bicyclic) bond motifs is 4. The first-order valence-electron chi connectivity index (χ1n) is 12.0. The van der Waals surface area contributed by atoms with Crippen LogP contribution in [-0.2, 0) is 14.3 Å². The second-order valence-corrected chi connectivity index (χ2v) is 9.89. The largest absolute Gasteiger partial charge is 0.479 e. The molecule has 4 aliphatic rings. The van der Waals surface area contributed by atoms with E-state index in [1.54, 1.807) is 0 Å². The predicted molar refractivity (Wildman–Crippen MR) is 126 cm³/mol. The molecule has 2 aromatic rings. The highest BCUT2D eigenvalue weighted by Crippen LogP contribution is 2.51. The average Bonchev–Trinajstić information content (AvgIpc) is 3.49. The number of carbonyl (C=O) groups excluding carboxylic acids is 2. The molecule has 2 saturated heterocycles. The maximum atomic E-state index is 13.4. The number of hydrogen-bond donors (Lipinski definition) is 2. The van der Waals surface area contributed by atoms with Crippen LogP contribution < -0.4 is 5.32 Å². The second-order valence-electron chi connectivity index (χ2n) is 9.89. The maximum Gasteiger partial charge on any atom is 0.407 e. The standard InChI is InChI=1S/C27H30N2O5/c1-3-16(2)23(24(30)29-14-17-12-27(29,13-17)25(31)32)28-26(33)34-15-22-20-10-6-4-8-18(20)19-9-5-7-11-21(19)22/h4-11,16-17,22-23H,3,12-15H2,1-2H3,(H,28,33)(H,31,32)/t16-,17?,23-,27?/m0/s1. The molecule has 2 atom stereocenters. The molecule has 2 bridgehead atoms. The van der Waals surface area contributed by atoms with Gasteiger partial charge in [-0.05, 0) is 46.9 Å². The fourth-order valence-electron chi connectivity index (χ4n) is 5.89. The van der Waals surface area contributed by atoms with Gasteiger partial charge in [0.15, 0.2) is 0 Å². The van der Waals surface area contributed by atoms with E-state index in [2.05, 4.69) is 29.6 Å². The van der Waals surface area contributed by atoms with Crippen molar-refractivity contribution in [1.82, 2.24) is 10.2 Å². The zero-order valence-corrected chi connectivity index (χ0v) is 19.5. The number of alkyl carbamates (subject to hydrolysis) is 1. The molecular formula is C27H30N2O5. The van der Waals surface area contributed by atoms with Crippen molar-refractivity contribution < 1.29 is 24.2 Å². The van der Waals surface area contributed by atoms with Crippen molar-refractivity contribution in [2.75, 3.05) is 13.2 Å². The summed E-state index contributed by atoms with van der Waals surface area (Å²) in [5, 5.41) is 12.5. The molecule has 2 aliphatic heterocycles. The highest BCUT2D eigenvalue weighted by atomic mass is 16.5. The summed E-state index contributed by atoms with van der Waals surface area (Å²) in [5.74, 6) is -1.29. The highest BCUT2D eigenvalue weighted by Gasteiger charge is 2.63. The number of ether oxygens (including phenoxy) is 1. The zero-order valence-electron chi connectivity index (χ0n) is 19.5. The molecule has 2 aliphatic carbocycles. The fourth-order valence-corrected chi connectivity index (χ4v) is 5.89. The van der Waals surface area contributed by atoms with Crippen molar-refractivity contribution in [2.45, 2.75) is 50.6 Å². The van der Waals surface area contributed by atoms with Gasteiger partial charge in [-0.15, -0.1) is 0 Å². The second kappa shape index (κ2) is 8.46. The molecule has 6 rings (SSSR count). The summed E-state index contributed by atoms with van der Waals surface area (Å²) >= 11 is 0. The van der Waals surface area contributed by atoms with E-state index in [4.69, 9.17) is 4.74 Å². The summed E-state index contributed by atoms with van der Waals surface area (Å²) < 4.78 is 5.65. The molecule has 34 heavy (non-hydrogen) atoms. The van der Waals surface area contributed by atoms with E-state index in [0.717, 1.165) is 22.3 Å². The Bertz CT molecular complexity index is 1090. The minimum atomic E-state index is -1.11. The summed E-state index contributed by atoms with van der Waals surface area (Å²) in [4.78, 5) is 39.6. The summed E-state index contributed by atoms with van der Waals surface area (Å²) in [5.41, 5.74) is 3.41. The van der Waals surface area contributed by atoms with Crippen LogP contribution in [0.5, 0.6) is 0 Å². The van der Waals surface area contributed by atoms with Crippen LogP contribution in [0.2, 0.25) is 0 Å². The number of benzene rings is 2. The van der Waals surface area contributed by atoms with E-state index in [1.807, 2.05) is 38.1 Å². The van der Waals surface area contributed by atoms with Crippen LogP contribution in [0.4, 0.5) is 4.79 Å².